The maximum absolute atomic E-state index is 13.6. The number of fused-ring (bicyclic) bond motifs is 1. The van der Waals surface area contributed by atoms with Gasteiger partial charge in [-0.25, -0.2) is 9.59 Å². The predicted octanol–water partition coefficient (Wildman–Crippen LogP) is 6.82. The number of esters is 1. The number of carbonyl (C=O) groups is 2. The van der Waals surface area contributed by atoms with Crippen molar-refractivity contribution in [2.24, 2.45) is 0 Å². The molecule has 2 atom stereocenters. The van der Waals surface area contributed by atoms with Gasteiger partial charge in [0.2, 0.25) is 0 Å². The number of nitrogens with zero attached hydrogens (tertiary/aromatic N) is 2. The molecule has 1 amide bonds. The third kappa shape index (κ3) is 5.68. The van der Waals surface area contributed by atoms with Gasteiger partial charge in [-0.3, -0.25) is 4.90 Å². The normalized spacial score (nSPS) is 16.7. The molecule has 0 fully saturated rings. The van der Waals surface area contributed by atoms with Crippen molar-refractivity contribution in [2.45, 2.75) is 58.6 Å². The molecule has 2 aromatic carbocycles. The van der Waals surface area contributed by atoms with Crippen molar-refractivity contribution in [1.29, 1.82) is 0 Å². The number of methoxy groups -OCH3 is 1. The smallest absolute Gasteiger partial charge is 0.416 e. The van der Waals surface area contributed by atoms with Gasteiger partial charge in [0.1, 0.15) is 0 Å². The van der Waals surface area contributed by atoms with Crippen LogP contribution in [-0.4, -0.2) is 38.4 Å². The summed E-state index contributed by atoms with van der Waals surface area (Å²) in [5.74, 6) is -1.05. The number of anilines is 2. The van der Waals surface area contributed by atoms with Crippen molar-refractivity contribution >= 4 is 23.4 Å². The van der Waals surface area contributed by atoms with Crippen molar-refractivity contribution in [3.63, 3.8) is 0 Å². The summed E-state index contributed by atoms with van der Waals surface area (Å²) in [6.07, 6.45) is -10.5. The van der Waals surface area contributed by atoms with Crippen LogP contribution in [0.15, 0.2) is 30.3 Å². The Morgan fingerprint density at radius 3 is 1.89 bits per heavy atom. The number of hydrogen-bond acceptors (Lipinski definition) is 5. The van der Waals surface area contributed by atoms with Crippen LogP contribution in [0.1, 0.15) is 54.1 Å². The standard InChI is InChI=1S/C26H28F6N2O4/c1-6-19-13-33(20-8-14(3)15(4)9-21(20)34(19)24(36)38-7-2)22(23(35)37-5)16-10-17(25(27,28)29)12-18(11-16)26(30,31)32/h8-12,19,22H,6-7,13H2,1-5H3/t19-,22-/m0/s1. The number of amides is 1. The number of halogens is 6. The molecule has 38 heavy (non-hydrogen) atoms. The minimum Gasteiger partial charge on any atom is -0.467 e. The average Bonchev–Trinajstić information content (AvgIpc) is 2.83. The number of aryl methyl sites for hydroxylation is 2. The van der Waals surface area contributed by atoms with Crippen LogP contribution in [-0.2, 0) is 26.6 Å². The van der Waals surface area contributed by atoms with E-state index in [1.54, 1.807) is 39.8 Å². The molecule has 208 valence electrons. The lowest BCUT2D eigenvalue weighted by atomic mass is 9.94. The third-order valence-electron chi connectivity index (χ3n) is 6.53. The zero-order valence-corrected chi connectivity index (χ0v) is 21.5. The van der Waals surface area contributed by atoms with Crippen LogP contribution in [0.5, 0.6) is 0 Å². The monoisotopic (exact) mass is 546 g/mol. The molecule has 0 N–H and O–H groups in total. The fourth-order valence-corrected chi connectivity index (χ4v) is 4.50. The molecular weight excluding hydrogens is 518 g/mol. The number of benzene rings is 2. The lowest BCUT2D eigenvalue weighted by molar-refractivity contribution is -0.145. The molecular formula is C26H28F6N2O4. The second-order valence-electron chi connectivity index (χ2n) is 8.97. The number of alkyl halides is 6. The van der Waals surface area contributed by atoms with Crippen molar-refractivity contribution in [1.82, 2.24) is 0 Å². The summed E-state index contributed by atoms with van der Waals surface area (Å²) in [5.41, 5.74) is -1.53. The van der Waals surface area contributed by atoms with Crippen LogP contribution in [0, 0.1) is 13.8 Å². The Kier molecular flexibility index (Phi) is 8.23. The van der Waals surface area contributed by atoms with Crippen molar-refractivity contribution in [3.05, 3.63) is 58.1 Å². The van der Waals surface area contributed by atoms with Crippen LogP contribution in [0.4, 0.5) is 42.5 Å². The van der Waals surface area contributed by atoms with Crippen LogP contribution < -0.4 is 9.80 Å². The molecule has 0 aliphatic carbocycles. The second kappa shape index (κ2) is 10.7. The molecule has 0 saturated heterocycles. The van der Waals surface area contributed by atoms with E-state index < -0.39 is 53.2 Å². The molecule has 12 heteroatoms. The van der Waals surface area contributed by atoms with E-state index in [9.17, 15) is 35.9 Å². The molecule has 1 aliphatic heterocycles. The van der Waals surface area contributed by atoms with Gasteiger partial charge in [-0.05, 0) is 74.2 Å². The highest BCUT2D eigenvalue weighted by atomic mass is 19.4. The Bertz CT molecular complexity index is 1180. The molecule has 0 aromatic heterocycles. The van der Waals surface area contributed by atoms with Gasteiger partial charge in [-0.2, -0.15) is 26.3 Å². The van der Waals surface area contributed by atoms with E-state index in [1.165, 1.54) is 9.80 Å². The lowest BCUT2D eigenvalue weighted by Gasteiger charge is -2.45. The Balaban J connectivity index is 2.32. The maximum Gasteiger partial charge on any atom is 0.416 e. The van der Waals surface area contributed by atoms with Crippen LogP contribution >= 0.6 is 0 Å². The third-order valence-corrected chi connectivity index (χ3v) is 6.53. The van der Waals surface area contributed by atoms with Gasteiger partial charge in [0, 0.05) is 6.54 Å². The molecule has 0 radical (unpaired) electrons. The first-order chi connectivity index (χ1) is 17.6. The summed E-state index contributed by atoms with van der Waals surface area (Å²) in [7, 11) is 1.00. The molecule has 0 spiro atoms. The minimum atomic E-state index is -5.10. The Morgan fingerprint density at radius 1 is 0.921 bits per heavy atom. The maximum atomic E-state index is 13.6. The first-order valence-electron chi connectivity index (χ1n) is 11.8. The molecule has 6 nitrogen and oxygen atoms in total. The van der Waals surface area contributed by atoms with Crippen LogP contribution in [0.2, 0.25) is 0 Å². The van der Waals surface area contributed by atoms with Crippen molar-refractivity contribution < 1.29 is 45.4 Å². The van der Waals surface area contributed by atoms with E-state index in [0.29, 0.717) is 24.2 Å². The molecule has 0 saturated carbocycles. The first-order valence-corrected chi connectivity index (χ1v) is 11.8. The summed E-state index contributed by atoms with van der Waals surface area (Å²) in [4.78, 5) is 28.8. The van der Waals surface area contributed by atoms with E-state index in [4.69, 9.17) is 9.47 Å². The SMILES string of the molecule is CCOC(=O)N1c2cc(C)c(C)cc2N([C@H](C(=O)OC)c2cc(C(F)(F)F)cc(C(F)(F)F)c2)C[C@@H]1CC. The quantitative estimate of drug-likeness (QED) is 0.304. The lowest BCUT2D eigenvalue weighted by Crippen LogP contribution is -2.53. The van der Waals surface area contributed by atoms with Gasteiger partial charge in [0.15, 0.2) is 6.04 Å². The van der Waals surface area contributed by atoms with Gasteiger partial charge in [0.25, 0.3) is 0 Å². The van der Waals surface area contributed by atoms with E-state index in [-0.39, 0.29) is 24.9 Å². The van der Waals surface area contributed by atoms with Crippen molar-refractivity contribution in [2.75, 3.05) is 30.1 Å². The van der Waals surface area contributed by atoms with E-state index in [1.807, 2.05) is 0 Å². The molecule has 0 unspecified atom stereocenters. The van der Waals surface area contributed by atoms with E-state index in [0.717, 1.165) is 18.2 Å². The number of rotatable bonds is 5. The average molecular weight is 547 g/mol. The molecule has 1 aliphatic rings. The number of hydrogen-bond donors (Lipinski definition) is 0. The summed E-state index contributed by atoms with van der Waals surface area (Å²) >= 11 is 0. The zero-order valence-electron chi connectivity index (χ0n) is 21.5. The molecule has 2 aromatic rings. The summed E-state index contributed by atoms with van der Waals surface area (Å²) in [6, 6.07) is 2.10. The number of ether oxygens (including phenoxy) is 2. The van der Waals surface area contributed by atoms with Gasteiger partial charge >= 0.3 is 24.4 Å². The van der Waals surface area contributed by atoms with E-state index >= 15 is 0 Å². The molecule has 1 heterocycles. The molecule has 3 rings (SSSR count). The highest BCUT2D eigenvalue weighted by molar-refractivity contribution is 5.96. The summed E-state index contributed by atoms with van der Waals surface area (Å²) in [5, 5.41) is 0. The first kappa shape index (κ1) is 29.1. The summed E-state index contributed by atoms with van der Waals surface area (Å²) < 4.78 is 91.9. The summed E-state index contributed by atoms with van der Waals surface area (Å²) in [6.45, 7) is 6.95. The van der Waals surface area contributed by atoms with Gasteiger partial charge in [0.05, 0.1) is 42.3 Å². The zero-order chi connectivity index (χ0) is 28.6. The van der Waals surface area contributed by atoms with Crippen LogP contribution in [0.25, 0.3) is 0 Å². The highest BCUT2D eigenvalue weighted by Gasteiger charge is 2.43. The Hall–Kier alpha value is -3.44. The van der Waals surface area contributed by atoms with Gasteiger partial charge in [-0.15, -0.1) is 0 Å². The predicted molar refractivity (Wildman–Crippen MR) is 128 cm³/mol. The Morgan fingerprint density at radius 2 is 1.45 bits per heavy atom. The second-order valence-corrected chi connectivity index (χ2v) is 8.97. The number of carbonyl (C=O) groups excluding carboxylic acids is 2. The molecule has 0 bridgehead atoms. The fourth-order valence-electron chi connectivity index (χ4n) is 4.50. The Labute approximate surface area is 216 Å². The van der Waals surface area contributed by atoms with Gasteiger partial charge < -0.3 is 14.4 Å². The van der Waals surface area contributed by atoms with Crippen LogP contribution in [0.3, 0.4) is 0 Å². The topological polar surface area (TPSA) is 59.1 Å². The minimum absolute atomic E-state index is 0.00678. The van der Waals surface area contributed by atoms with Crippen molar-refractivity contribution in [3.8, 4) is 0 Å². The highest BCUT2D eigenvalue weighted by Crippen LogP contribution is 2.45. The van der Waals surface area contributed by atoms with Gasteiger partial charge in [-0.1, -0.05) is 6.92 Å². The van der Waals surface area contributed by atoms with E-state index in [2.05, 4.69) is 0 Å². The fraction of sp³-hybridized carbons (Fsp3) is 0.462. The largest absolute Gasteiger partial charge is 0.467 e.